The number of thiazole rings is 1. The van der Waals surface area contributed by atoms with Gasteiger partial charge in [0, 0.05) is 19.5 Å². The average molecular weight is 378 g/mol. The lowest BCUT2D eigenvalue weighted by atomic mass is 10.1. The first-order chi connectivity index (χ1) is 8.06. The van der Waals surface area contributed by atoms with Crippen molar-refractivity contribution in [1.82, 2.24) is 4.98 Å². The highest BCUT2D eigenvalue weighted by atomic mass is 127. The molecule has 1 aromatic carbocycles. The zero-order valence-corrected chi connectivity index (χ0v) is 12.8. The molecule has 0 aliphatic rings. The zero-order valence-electron chi connectivity index (χ0n) is 9.04. The summed E-state index contributed by atoms with van der Waals surface area (Å²) in [6.45, 7) is 1.93. The maximum absolute atomic E-state index is 12.1. The van der Waals surface area contributed by atoms with Gasteiger partial charge in [0.15, 0.2) is 5.78 Å². The Morgan fingerprint density at radius 3 is 2.94 bits per heavy atom. The number of rotatable bonds is 3. The number of benzene rings is 1. The minimum absolute atomic E-state index is 0.0576. The number of carbonyl (C=O) groups is 1. The van der Waals surface area contributed by atoms with Gasteiger partial charge in [-0.2, -0.15) is 0 Å². The minimum atomic E-state index is 0.0576. The first-order valence-corrected chi connectivity index (χ1v) is 7.29. The summed E-state index contributed by atoms with van der Waals surface area (Å²) in [5.74, 6) is 0.0576. The third kappa shape index (κ3) is 3.26. The van der Waals surface area contributed by atoms with Crippen LogP contribution in [0.1, 0.15) is 21.1 Å². The van der Waals surface area contributed by atoms with Gasteiger partial charge < -0.3 is 0 Å². The van der Waals surface area contributed by atoms with Crippen LogP contribution < -0.4 is 0 Å². The third-order valence-corrected chi connectivity index (χ3v) is 4.24. The van der Waals surface area contributed by atoms with E-state index in [1.54, 1.807) is 23.5 Å². The Hall–Kier alpha value is -0.460. The molecule has 0 N–H and O–H groups in total. The second kappa shape index (κ2) is 5.46. The van der Waals surface area contributed by atoms with Gasteiger partial charge in [-0.1, -0.05) is 11.6 Å². The second-order valence-corrected chi connectivity index (χ2v) is 6.24. The molecule has 1 aromatic heterocycles. The summed E-state index contributed by atoms with van der Waals surface area (Å²) in [7, 11) is 0. The standard InChI is InChI=1S/C12H9ClINOS/c1-7-15-9(6-17-7)5-12(16)10-4-8(13)2-3-11(10)14/h2-4,6H,5H2,1H3. The van der Waals surface area contributed by atoms with Gasteiger partial charge in [-0.25, -0.2) is 4.98 Å². The molecule has 2 aromatic rings. The molecule has 0 saturated heterocycles. The molecule has 1 heterocycles. The SMILES string of the molecule is Cc1nc(CC(=O)c2cc(Cl)ccc2I)cs1. The quantitative estimate of drug-likeness (QED) is 0.594. The van der Waals surface area contributed by atoms with Crippen LogP contribution in [-0.2, 0) is 6.42 Å². The van der Waals surface area contributed by atoms with E-state index in [-0.39, 0.29) is 5.78 Å². The highest BCUT2D eigenvalue weighted by Crippen LogP contribution is 2.20. The fraction of sp³-hybridized carbons (Fsp3) is 0.167. The van der Waals surface area contributed by atoms with Crippen molar-refractivity contribution in [1.29, 1.82) is 0 Å². The molecule has 2 nitrogen and oxygen atoms in total. The molecule has 0 fully saturated rings. The highest BCUT2D eigenvalue weighted by Gasteiger charge is 2.12. The summed E-state index contributed by atoms with van der Waals surface area (Å²) in [5.41, 5.74) is 1.50. The largest absolute Gasteiger partial charge is 0.294 e. The van der Waals surface area contributed by atoms with E-state index in [0.717, 1.165) is 14.3 Å². The highest BCUT2D eigenvalue weighted by molar-refractivity contribution is 14.1. The molecular weight excluding hydrogens is 369 g/mol. The molecule has 2 rings (SSSR count). The topological polar surface area (TPSA) is 30.0 Å². The van der Waals surface area contributed by atoms with Gasteiger partial charge in [-0.3, -0.25) is 4.79 Å². The van der Waals surface area contributed by atoms with Crippen LogP contribution in [0.4, 0.5) is 0 Å². The Kier molecular flexibility index (Phi) is 4.17. The van der Waals surface area contributed by atoms with E-state index in [0.29, 0.717) is 17.0 Å². The van der Waals surface area contributed by atoms with E-state index in [2.05, 4.69) is 27.6 Å². The van der Waals surface area contributed by atoms with Crippen molar-refractivity contribution in [3.63, 3.8) is 0 Å². The molecule has 0 saturated carbocycles. The number of nitrogens with zero attached hydrogens (tertiary/aromatic N) is 1. The number of aryl methyl sites for hydroxylation is 1. The maximum atomic E-state index is 12.1. The van der Waals surface area contributed by atoms with E-state index in [9.17, 15) is 4.79 Å². The van der Waals surface area contributed by atoms with Crippen LogP contribution in [0, 0.1) is 10.5 Å². The Morgan fingerprint density at radius 1 is 1.53 bits per heavy atom. The Balaban J connectivity index is 2.22. The average Bonchev–Trinajstić information content (AvgIpc) is 2.67. The summed E-state index contributed by atoms with van der Waals surface area (Å²) < 4.78 is 0.920. The molecule has 0 atom stereocenters. The van der Waals surface area contributed by atoms with Crippen LogP contribution in [0.3, 0.4) is 0 Å². The van der Waals surface area contributed by atoms with Crippen molar-refractivity contribution >= 4 is 51.3 Å². The molecule has 0 spiro atoms. The van der Waals surface area contributed by atoms with E-state index >= 15 is 0 Å². The second-order valence-electron chi connectivity index (χ2n) is 3.58. The van der Waals surface area contributed by atoms with E-state index < -0.39 is 0 Å². The molecule has 88 valence electrons. The normalized spacial score (nSPS) is 10.5. The van der Waals surface area contributed by atoms with Crippen molar-refractivity contribution in [2.45, 2.75) is 13.3 Å². The van der Waals surface area contributed by atoms with Gasteiger partial charge in [0.05, 0.1) is 17.1 Å². The molecule has 0 bridgehead atoms. The van der Waals surface area contributed by atoms with E-state index in [4.69, 9.17) is 11.6 Å². The Bertz CT molecular complexity index is 567. The fourth-order valence-corrected chi connectivity index (χ4v) is 2.88. The van der Waals surface area contributed by atoms with Gasteiger partial charge in [0.1, 0.15) is 0 Å². The molecule has 0 amide bonds. The lowest BCUT2D eigenvalue weighted by Gasteiger charge is -2.03. The van der Waals surface area contributed by atoms with Crippen LogP contribution in [0.15, 0.2) is 23.6 Å². The number of ketones is 1. The van der Waals surface area contributed by atoms with E-state index in [1.807, 2.05) is 18.4 Å². The number of halogens is 2. The van der Waals surface area contributed by atoms with Crippen molar-refractivity contribution in [3.05, 3.63) is 48.4 Å². The van der Waals surface area contributed by atoms with Gasteiger partial charge in [-0.05, 0) is 47.7 Å². The third-order valence-electron chi connectivity index (χ3n) is 2.24. The first-order valence-electron chi connectivity index (χ1n) is 4.95. The van der Waals surface area contributed by atoms with Crippen molar-refractivity contribution in [3.8, 4) is 0 Å². The predicted molar refractivity (Wildman–Crippen MR) is 79.1 cm³/mol. The molecular formula is C12H9ClINOS. The Labute approximate surface area is 122 Å². The summed E-state index contributed by atoms with van der Waals surface area (Å²) in [6.07, 6.45) is 0.334. The number of aromatic nitrogens is 1. The van der Waals surface area contributed by atoms with Gasteiger partial charge in [0.25, 0.3) is 0 Å². The summed E-state index contributed by atoms with van der Waals surface area (Å²) >= 11 is 9.60. The van der Waals surface area contributed by atoms with Crippen LogP contribution >= 0.6 is 45.5 Å². The lowest BCUT2D eigenvalue weighted by Crippen LogP contribution is -2.06. The van der Waals surface area contributed by atoms with Crippen LogP contribution in [0.5, 0.6) is 0 Å². The van der Waals surface area contributed by atoms with Gasteiger partial charge >= 0.3 is 0 Å². The molecule has 0 radical (unpaired) electrons. The summed E-state index contributed by atoms with van der Waals surface area (Å²) in [6, 6.07) is 5.35. The molecule has 0 unspecified atom stereocenters. The maximum Gasteiger partial charge on any atom is 0.169 e. The monoisotopic (exact) mass is 377 g/mol. The molecule has 17 heavy (non-hydrogen) atoms. The van der Waals surface area contributed by atoms with Crippen LogP contribution in [0.2, 0.25) is 5.02 Å². The minimum Gasteiger partial charge on any atom is -0.294 e. The number of hydrogen-bond acceptors (Lipinski definition) is 3. The number of Topliss-reactive ketones (excluding diaryl/α,β-unsaturated/α-hetero) is 1. The summed E-state index contributed by atoms with van der Waals surface area (Å²) in [5, 5.41) is 3.49. The molecule has 0 aliphatic carbocycles. The molecule has 0 aliphatic heterocycles. The van der Waals surface area contributed by atoms with Crippen molar-refractivity contribution < 1.29 is 4.79 Å². The Morgan fingerprint density at radius 2 is 2.29 bits per heavy atom. The van der Waals surface area contributed by atoms with E-state index in [1.165, 1.54) is 0 Å². The predicted octanol–water partition coefficient (Wildman–Crippen LogP) is 4.13. The van der Waals surface area contributed by atoms with Crippen molar-refractivity contribution in [2.75, 3.05) is 0 Å². The van der Waals surface area contributed by atoms with Crippen LogP contribution in [-0.4, -0.2) is 10.8 Å². The number of hydrogen-bond donors (Lipinski definition) is 0. The van der Waals surface area contributed by atoms with Crippen molar-refractivity contribution in [2.24, 2.45) is 0 Å². The fourth-order valence-electron chi connectivity index (χ4n) is 1.46. The zero-order chi connectivity index (χ0) is 12.4. The summed E-state index contributed by atoms with van der Waals surface area (Å²) in [4.78, 5) is 16.4. The molecule has 5 heteroatoms. The lowest BCUT2D eigenvalue weighted by molar-refractivity contribution is 0.0991. The number of carbonyl (C=O) groups excluding carboxylic acids is 1. The first kappa shape index (κ1) is 13.0. The van der Waals surface area contributed by atoms with Gasteiger partial charge in [0.2, 0.25) is 0 Å². The van der Waals surface area contributed by atoms with Crippen LogP contribution in [0.25, 0.3) is 0 Å². The smallest absolute Gasteiger partial charge is 0.169 e. The van der Waals surface area contributed by atoms with Gasteiger partial charge in [-0.15, -0.1) is 11.3 Å².